The van der Waals surface area contributed by atoms with Gasteiger partial charge in [0.05, 0.1) is 18.9 Å². The van der Waals surface area contributed by atoms with Gasteiger partial charge in [0, 0.05) is 13.8 Å². The van der Waals surface area contributed by atoms with Gasteiger partial charge < -0.3 is 24.7 Å². The summed E-state index contributed by atoms with van der Waals surface area (Å²) in [7, 11) is 0. The Kier molecular flexibility index (Phi) is 7.71. The summed E-state index contributed by atoms with van der Waals surface area (Å²) in [6, 6.07) is 0. The van der Waals surface area contributed by atoms with Crippen LogP contribution in [0.5, 0.6) is 0 Å². The average Bonchev–Trinajstić information content (AvgIpc) is 2.93. The van der Waals surface area contributed by atoms with Gasteiger partial charge in [-0.3, -0.25) is 14.2 Å². The number of unbranched alkanes of at least 4 members (excludes halogenated alkanes) is 2. The Morgan fingerprint density at radius 1 is 1.26 bits per heavy atom. The number of ether oxygens (including phenoxy) is 4. The topological polar surface area (TPSA) is 149 Å². The van der Waals surface area contributed by atoms with Gasteiger partial charge in [0.1, 0.15) is 0 Å². The zero-order valence-electron chi connectivity index (χ0n) is 17.8. The molecule has 0 saturated carbocycles. The zero-order chi connectivity index (χ0) is 23.3. The predicted octanol–water partition coefficient (Wildman–Crippen LogP) is 0.633. The number of aromatic nitrogens is 2. The van der Waals surface area contributed by atoms with Crippen LogP contribution in [-0.4, -0.2) is 52.4 Å². The highest BCUT2D eigenvalue weighted by Gasteiger charge is 2.65. The third-order valence-electron chi connectivity index (χ3n) is 4.65. The highest BCUT2D eigenvalue weighted by atomic mass is 19.1. The van der Waals surface area contributed by atoms with E-state index in [1.54, 1.807) is 0 Å². The summed E-state index contributed by atoms with van der Waals surface area (Å²) in [5.41, 5.74) is 1.70. The van der Waals surface area contributed by atoms with Gasteiger partial charge in [-0.1, -0.05) is 19.8 Å². The maximum Gasteiger partial charge on any atom is 0.364 e. The lowest BCUT2D eigenvalue weighted by atomic mass is 10.0. The first-order valence-corrected chi connectivity index (χ1v) is 9.79. The molecule has 0 spiro atoms. The van der Waals surface area contributed by atoms with Crippen molar-refractivity contribution in [2.45, 2.75) is 71.0 Å². The number of carbonyl (C=O) groups is 3. The first kappa shape index (κ1) is 24.3. The van der Waals surface area contributed by atoms with Crippen molar-refractivity contribution in [1.82, 2.24) is 9.55 Å². The molecule has 0 aromatic carbocycles. The third kappa shape index (κ3) is 5.01. The quantitative estimate of drug-likeness (QED) is 0.344. The molecule has 2 N–H and O–H groups in total. The lowest BCUT2D eigenvalue weighted by molar-refractivity contribution is -0.206. The monoisotopic (exact) mass is 443 g/mol. The molecular formula is C19H26FN3O8. The van der Waals surface area contributed by atoms with E-state index >= 15 is 0 Å². The second kappa shape index (κ2) is 9.86. The molecule has 11 nitrogen and oxygen atoms in total. The van der Waals surface area contributed by atoms with Crippen LogP contribution in [0.25, 0.3) is 0 Å². The van der Waals surface area contributed by atoms with Crippen molar-refractivity contribution < 1.29 is 37.7 Å². The number of nitrogen functional groups attached to an aromatic ring is 1. The van der Waals surface area contributed by atoms with Crippen molar-refractivity contribution in [2.24, 2.45) is 0 Å². The summed E-state index contributed by atoms with van der Waals surface area (Å²) in [6.45, 7) is 5.51. The van der Waals surface area contributed by atoms with E-state index in [0.29, 0.717) is 17.2 Å². The molecular weight excluding hydrogens is 417 g/mol. The van der Waals surface area contributed by atoms with Gasteiger partial charge >= 0.3 is 23.6 Å². The molecule has 1 saturated heterocycles. The third-order valence-corrected chi connectivity index (χ3v) is 4.65. The second-order valence-corrected chi connectivity index (χ2v) is 7.09. The molecule has 1 aromatic heterocycles. The largest absolute Gasteiger partial charge is 0.462 e. The Hall–Kier alpha value is -3.02. The lowest BCUT2D eigenvalue weighted by Gasteiger charge is -2.33. The van der Waals surface area contributed by atoms with Crippen LogP contribution in [-0.2, 0) is 39.1 Å². The van der Waals surface area contributed by atoms with Crippen molar-refractivity contribution in [3.8, 4) is 0 Å². The van der Waals surface area contributed by atoms with Gasteiger partial charge in [-0.2, -0.15) is 4.98 Å². The summed E-state index contributed by atoms with van der Waals surface area (Å²) in [6.07, 6.45) is -1.25. The van der Waals surface area contributed by atoms with Crippen molar-refractivity contribution in [1.29, 1.82) is 0 Å². The van der Waals surface area contributed by atoms with Crippen LogP contribution in [0.4, 0.5) is 10.2 Å². The predicted molar refractivity (Wildman–Crippen MR) is 103 cm³/mol. The van der Waals surface area contributed by atoms with Crippen LogP contribution in [0.2, 0.25) is 0 Å². The van der Waals surface area contributed by atoms with E-state index in [-0.39, 0.29) is 6.61 Å². The number of hydrogen-bond donors (Lipinski definition) is 1. The maximum absolute atomic E-state index is 14.2. The van der Waals surface area contributed by atoms with Crippen molar-refractivity contribution >= 4 is 23.7 Å². The van der Waals surface area contributed by atoms with Gasteiger partial charge in [0.25, 0.3) is 5.72 Å². The molecule has 0 aliphatic carbocycles. The fourth-order valence-electron chi connectivity index (χ4n) is 3.32. The molecule has 1 aromatic rings. The summed E-state index contributed by atoms with van der Waals surface area (Å²) < 4.78 is 36.2. The molecule has 2 heterocycles. The molecule has 1 aliphatic heterocycles. The van der Waals surface area contributed by atoms with Crippen LogP contribution in [0.1, 0.15) is 47.0 Å². The Balaban J connectivity index is 2.66. The zero-order valence-corrected chi connectivity index (χ0v) is 17.8. The Morgan fingerprint density at radius 3 is 2.48 bits per heavy atom. The Bertz CT molecular complexity index is 905. The number of halogens is 1. The minimum Gasteiger partial charge on any atom is -0.462 e. The molecule has 0 amide bonds. The molecule has 12 heteroatoms. The second-order valence-electron chi connectivity index (χ2n) is 7.09. The average molecular weight is 443 g/mol. The summed E-state index contributed by atoms with van der Waals surface area (Å²) in [5.74, 6) is -4.56. The van der Waals surface area contributed by atoms with Gasteiger partial charge in [0.2, 0.25) is 6.10 Å². The fourth-order valence-corrected chi connectivity index (χ4v) is 3.32. The summed E-state index contributed by atoms with van der Waals surface area (Å²) >= 11 is 0. The van der Waals surface area contributed by atoms with Gasteiger partial charge in [0.15, 0.2) is 17.7 Å². The number of rotatable bonds is 8. The summed E-state index contributed by atoms with van der Waals surface area (Å²) in [5, 5.41) is 0. The fraction of sp³-hybridized carbons (Fsp3) is 0.632. The highest BCUT2D eigenvalue weighted by Crippen LogP contribution is 2.40. The van der Waals surface area contributed by atoms with Crippen molar-refractivity contribution in [3.63, 3.8) is 0 Å². The Labute approximate surface area is 177 Å². The molecule has 0 radical (unpaired) electrons. The smallest absolute Gasteiger partial charge is 0.364 e. The van der Waals surface area contributed by atoms with E-state index in [1.807, 2.05) is 6.92 Å². The Morgan fingerprint density at radius 2 is 1.90 bits per heavy atom. The number of hydrogen-bond acceptors (Lipinski definition) is 10. The van der Waals surface area contributed by atoms with Crippen LogP contribution in [0.15, 0.2) is 11.0 Å². The van der Waals surface area contributed by atoms with Gasteiger partial charge in [-0.25, -0.2) is 14.0 Å². The molecule has 1 fully saturated rings. The number of esters is 3. The van der Waals surface area contributed by atoms with Crippen LogP contribution in [0.3, 0.4) is 0 Å². The minimum atomic E-state index is -2.49. The first-order chi connectivity index (χ1) is 14.5. The molecule has 172 valence electrons. The molecule has 31 heavy (non-hydrogen) atoms. The number of nitrogens with zero attached hydrogens (tertiary/aromatic N) is 2. The first-order valence-electron chi connectivity index (χ1n) is 9.79. The van der Waals surface area contributed by atoms with Crippen LogP contribution in [0, 0.1) is 5.82 Å². The van der Waals surface area contributed by atoms with Crippen LogP contribution >= 0.6 is 0 Å². The van der Waals surface area contributed by atoms with E-state index < -0.39 is 59.3 Å². The number of nitrogens with two attached hydrogens (primary N) is 1. The summed E-state index contributed by atoms with van der Waals surface area (Å²) in [4.78, 5) is 52.6. The van der Waals surface area contributed by atoms with E-state index in [2.05, 4.69) is 4.98 Å². The molecule has 0 unspecified atom stereocenters. The van der Waals surface area contributed by atoms with E-state index in [4.69, 9.17) is 24.7 Å². The molecule has 2 rings (SSSR count). The maximum atomic E-state index is 14.2. The number of carbonyl (C=O) groups excluding carboxylic acids is 3. The van der Waals surface area contributed by atoms with E-state index in [0.717, 1.165) is 26.7 Å². The van der Waals surface area contributed by atoms with Crippen molar-refractivity contribution in [2.75, 3.05) is 12.3 Å². The minimum absolute atomic E-state index is 0.0309. The van der Waals surface area contributed by atoms with Crippen LogP contribution < -0.4 is 11.4 Å². The molecule has 0 bridgehead atoms. The van der Waals surface area contributed by atoms with Gasteiger partial charge in [-0.05, 0) is 13.3 Å². The highest BCUT2D eigenvalue weighted by molar-refractivity contribution is 5.80. The van der Waals surface area contributed by atoms with Gasteiger partial charge in [-0.15, -0.1) is 0 Å². The standard InChI is InChI=1S/C19H26FN3O8/c1-5-6-7-8-28-17(26)19(23-9-13(20)16(21)22-18(23)27)15(30-12(4)25)14(10(2)31-19)29-11(3)24/h9-10,14-15H,5-8H2,1-4H3,(H2,21,22,27)/t10-,14-,15-,19+/m1/s1. The van der Waals surface area contributed by atoms with E-state index in [9.17, 15) is 23.6 Å². The van der Waals surface area contributed by atoms with E-state index in [1.165, 1.54) is 6.92 Å². The van der Waals surface area contributed by atoms with Crippen molar-refractivity contribution in [3.05, 3.63) is 22.5 Å². The SMILES string of the molecule is CCCCCOC(=O)[C@@]1(n2cc(F)c(N)nc2=O)O[C@H](C)[C@@H](OC(C)=O)[C@H]1OC(C)=O. The number of anilines is 1. The molecule has 4 atom stereocenters. The lowest BCUT2D eigenvalue weighted by Crippen LogP contribution is -2.58. The normalized spacial score (nSPS) is 25.1. The molecule has 1 aliphatic rings.